The summed E-state index contributed by atoms with van der Waals surface area (Å²) in [6.07, 6.45) is 0. The molecular weight excluding hydrogens is 418 g/mol. The van der Waals surface area contributed by atoms with Crippen molar-refractivity contribution in [2.75, 3.05) is 12.4 Å². The van der Waals surface area contributed by atoms with Crippen molar-refractivity contribution in [2.45, 2.75) is 45.4 Å². The van der Waals surface area contributed by atoms with Crippen molar-refractivity contribution in [3.05, 3.63) is 58.9 Å². The summed E-state index contributed by atoms with van der Waals surface area (Å²) in [6.45, 7) is 8.36. The van der Waals surface area contributed by atoms with Gasteiger partial charge in [0.15, 0.2) is 0 Å². The minimum Gasteiger partial charge on any atom is -0.497 e. The highest BCUT2D eigenvalue weighted by Gasteiger charge is 2.51. The van der Waals surface area contributed by atoms with Crippen LogP contribution in [0.25, 0.3) is 10.9 Å². The predicted octanol–water partition coefficient (Wildman–Crippen LogP) is 4.95. The normalized spacial score (nSPS) is 17.2. The number of methoxy groups -OCH3 is 1. The van der Waals surface area contributed by atoms with E-state index in [1.165, 1.54) is 6.07 Å². The van der Waals surface area contributed by atoms with Crippen molar-refractivity contribution >= 4 is 40.9 Å². The van der Waals surface area contributed by atoms with Gasteiger partial charge in [0.2, 0.25) is 0 Å². The van der Waals surface area contributed by atoms with Gasteiger partial charge >= 0.3 is 7.12 Å². The Morgan fingerprint density at radius 2 is 1.71 bits per heavy atom. The summed E-state index contributed by atoms with van der Waals surface area (Å²) in [7, 11) is 0.959. The Balaban J connectivity index is 1.62. The Morgan fingerprint density at radius 3 is 2.32 bits per heavy atom. The number of nitrogens with one attached hydrogen (secondary N) is 1. The van der Waals surface area contributed by atoms with Crippen LogP contribution in [0.5, 0.6) is 5.75 Å². The highest BCUT2D eigenvalue weighted by molar-refractivity contribution is 6.62. The minimum absolute atomic E-state index is 0.347. The Labute approximate surface area is 187 Å². The first kappa shape index (κ1) is 21.9. The van der Waals surface area contributed by atoms with Gasteiger partial charge in [0.1, 0.15) is 17.4 Å². The maximum absolute atomic E-state index is 14.9. The topological polar surface area (TPSA) is 52.6 Å². The second-order valence-corrected chi connectivity index (χ2v) is 9.09. The van der Waals surface area contributed by atoms with Crippen LogP contribution in [0.4, 0.5) is 10.2 Å². The largest absolute Gasteiger partial charge is 0.497 e. The second kappa shape index (κ2) is 7.97. The third-order valence-corrected chi connectivity index (χ3v) is 6.29. The molecule has 0 radical (unpaired) electrons. The number of benzene rings is 2. The van der Waals surface area contributed by atoms with E-state index in [1.54, 1.807) is 19.2 Å². The molecule has 1 fully saturated rings. The number of rotatable bonds is 5. The molecule has 1 aromatic heterocycles. The molecule has 0 unspecified atom stereocenters. The summed E-state index contributed by atoms with van der Waals surface area (Å²) in [6, 6.07) is 12.5. The molecule has 0 spiro atoms. The first-order valence-electron chi connectivity index (χ1n) is 10.1. The maximum atomic E-state index is 14.9. The van der Waals surface area contributed by atoms with Crippen LogP contribution in [0.2, 0.25) is 5.02 Å². The predicted molar refractivity (Wildman–Crippen MR) is 123 cm³/mol. The Morgan fingerprint density at radius 1 is 1.06 bits per heavy atom. The van der Waals surface area contributed by atoms with Gasteiger partial charge in [0.05, 0.1) is 28.9 Å². The van der Waals surface area contributed by atoms with E-state index >= 15 is 0 Å². The number of nitrogens with zero attached hydrogens (tertiary/aromatic N) is 1. The molecule has 3 aromatic rings. The third kappa shape index (κ3) is 4.22. The molecule has 0 amide bonds. The second-order valence-electron chi connectivity index (χ2n) is 8.68. The molecule has 31 heavy (non-hydrogen) atoms. The fourth-order valence-corrected chi connectivity index (χ4v) is 3.61. The van der Waals surface area contributed by atoms with E-state index in [2.05, 4.69) is 10.3 Å². The molecule has 0 aliphatic carbocycles. The summed E-state index contributed by atoms with van der Waals surface area (Å²) >= 11 is 6.37. The van der Waals surface area contributed by atoms with E-state index in [4.69, 9.17) is 25.6 Å². The van der Waals surface area contributed by atoms with Crippen molar-refractivity contribution in [3.63, 3.8) is 0 Å². The average Bonchev–Trinajstić information content (AvgIpc) is 2.94. The first-order chi connectivity index (χ1) is 14.6. The average molecular weight is 443 g/mol. The number of halogens is 2. The van der Waals surface area contributed by atoms with Crippen molar-refractivity contribution < 1.29 is 18.4 Å². The zero-order valence-electron chi connectivity index (χ0n) is 18.3. The number of ether oxygens (including phenoxy) is 1. The van der Waals surface area contributed by atoms with Crippen molar-refractivity contribution in [3.8, 4) is 5.75 Å². The van der Waals surface area contributed by atoms with E-state index in [0.29, 0.717) is 33.8 Å². The zero-order chi connectivity index (χ0) is 22.4. The van der Waals surface area contributed by atoms with Crippen molar-refractivity contribution in [1.82, 2.24) is 4.98 Å². The molecule has 2 aromatic carbocycles. The molecule has 2 heterocycles. The van der Waals surface area contributed by atoms with Crippen LogP contribution in [0, 0.1) is 5.82 Å². The molecule has 1 N–H and O–H groups in total. The van der Waals surface area contributed by atoms with E-state index in [0.717, 1.165) is 11.3 Å². The van der Waals surface area contributed by atoms with Gasteiger partial charge in [0.25, 0.3) is 0 Å². The van der Waals surface area contributed by atoms with Gasteiger partial charge < -0.3 is 19.4 Å². The van der Waals surface area contributed by atoms with Gasteiger partial charge in [-0.15, -0.1) is 0 Å². The number of hydrogen-bond donors (Lipinski definition) is 1. The van der Waals surface area contributed by atoms with Crippen LogP contribution < -0.4 is 15.5 Å². The summed E-state index contributed by atoms with van der Waals surface area (Å²) in [5.41, 5.74) is 1.07. The summed E-state index contributed by atoms with van der Waals surface area (Å²) in [5.74, 6) is 0.852. The number of fused-ring (bicyclic) bond motifs is 1. The highest BCUT2D eigenvalue weighted by atomic mass is 35.5. The molecular formula is C23H25BClFN2O3. The fourth-order valence-electron chi connectivity index (χ4n) is 3.40. The standard InChI is InChI=1S/C23H25BClFN2O3/c1-22(2)23(3,4)31-24(30-22)15-10-19(26)17-12-18(25)21(28-20(17)11-15)27-13-14-6-8-16(29-5)9-7-14/h6-12H,13H2,1-5H3,(H,27,28). The lowest BCUT2D eigenvalue weighted by atomic mass is 9.78. The van der Waals surface area contributed by atoms with Gasteiger partial charge in [-0.05, 0) is 69.1 Å². The van der Waals surface area contributed by atoms with Gasteiger partial charge in [0, 0.05) is 11.9 Å². The highest BCUT2D eigenvalue weighted by Crippen LogP contribution is 2.37. The van der Waals surface area contributed by atoms with E-state index < -0.39 is 24.1 Å². The molecule has 4 rings (SSSR count). The van der Waals surface area contributed by atoms with E-state index in [9.17, 15) is 4.39 Å². The smallest absolute Gasteiger partial charge is 0.495 e. The van der Waals surface area contributed by atoms with Crippen LogP contribution in [0.1, 0.15) is 33.3 Å². The molecule has 8 heteroatoms. The number of anilines is 1. The molecule has 1 aliphatic heterocycles. The molecule has 1 aliphatic rings. The lowest BCUT2D eigenvalue weighted by Crippen LogP contribution is -2.41. The molecule has 0 atom stereocenters. The van der Waals surface area contributed by atoms with Crippen LogP contribution in [-0.4, -0.2) is 30.4 Å². The summed E-state index contributed by atoms with van der Waals surface area (Å²) < 4.78 is 32.2. The van der Waals surface area contributed by atoms with Gasteiger partial charge in [-0.25, -0.2) is 9.37 Å². The minimum atomic E-state index is -0.669. The van der Waals surface area contributed by atoms with Crippen molar-refractivity contribution in [2.24, 2.45) is 0 Å². The number of aromatic nitrogens is 1. The maximum Gasteiger partial charge on any atom is 0.495 e. The van der Waals surface area contributed by atoms with Gasteiger partial charge in [-0.2, -0.15) is 0 Å². The van der Waals surface area contributed by atoms with Gasteiger partial charge in [-0.3, -0.25) is 0 Å². The fraction of sp³-hybridized carbons (Fsp3) is 0.348. The van der Waals surface area contributed by atoms with E-state index in [-0.39, 0.29) is 0 Å². The van der Waals surface area contributed by atoms with Crippen LogP contribution in [0.15, 0.2) is 42.5 Å². The quantitative estimate of drug-likeness (QED) is 0.567. The molecule has 5 nitrogen and oxygen atoms in total. The Bertz CT molecular complexity index is 1110. The molecule has 0 bridgehead atoms. The number of pyridine rings is 1. The number of hydrogen-bond acceptors (Lipinski definition) is 5. The van der Waals surface area contributed by atoms with Crippen LogP contribution in [-0.2, 0) is 15.9 Å². The lowest BCUT2D eigenvalue weighted by Gasteiger charge is -2.32. The molecule has 1 saturated heterocycles. The first-order valence-corrected chi connectivity index (χ1v) is 10.5. The zero-order valence-corrected chi connectivity index (χ0v) is 19.0. The monoisotopic (exact) mass is 442 g/mol. The molecule has 162 valence electrons. The molecule has 0 saturated carbocycles. The van der Waals surface area contributed by atoms with Crippen LogP contribution >= 0.6 is 11.6 Å². The Kier molecular flexibility index (Phi) is 5.62. The van der Waals surface area contributed by atoms with Crippen LogP contribution in [0.3, 0.4) is 0 Å². The van der Waals surface area contributed by atoms with Gasteiger partial charge in [-0.1, -0.05) is 23.7 Å². The lowest BCUT2D eigenvalue weighted by molar-refractivity contribution is 0.00578. The van der Waals surface area contributed by atoms with E-state index in [1.807, 2.05) is 52.0 Å². The summed E-state index contributed by atoms with van der Waals surface area (Å²) in [4.78, 5) is 4.57. The third-order valence-electron chi connectivity index (χ3n) is 6.00. The Hall–Kier alpha value is -2.35. The van der Waals surface area contributed by atoms with Crippen molar-refractivity contribution in [1.29, 1.82) is 0 Å². The SMILES string of the molecule is COc1ccc(CNc2nc3cc(B4OC(C)(C)C(C)(C)O4)cc(F)c3cc2Cl)cc1. The summed E-state index contributed by atoms with van der Waals surface area (Å²) in [5, 5.41) is 3.92.